The van der Waals surface area contributed by atoms with Gasteiger partial charge in [0.15, 0.2) is 17.0 Å². The number of nitrogens with zero attached hydrogens (tertiary/aromatic N) is 4. The first-order valence-electron chi connectivity index (χ1n) is 6.48. The Bertz CT molecular complexity index is 723. The quantitative estimate of drug-likeness (QED) is 0.745. The fourth-order valence-corrected chi connectivity index (χ4v) is 2.23. The molecule has 3 rings (SSSR count). The smallest absolute Gasteiger partial charge is 0.226 e. The molecule has 0 amide bonds. The van der Waals surface area contributed by atoms with E-state index in [9.17, 15) is 0 Å². The molecule has 0 fully saturated rings. The summed E-state index contributed by atoms with van der Waals surface area (Å²) in [6.45, 7) is 2.96. The fourth-order valence-electron chi connectivity index (χ4n) is 2.07. The molecule has 2 heterocycles. The molecule has 0 unspecified atom stereocenters. The maximum atomic E-state index is 6.02. The number of para-hydroxylation sites is 1. The largest absolute Gasteiger partial charge is 0.338 e. The Morgan fingerprint density at radius 2 is 2.00 bits per heavy atom. The number of hydrogen-bond acceptors (Lipinski definition) is 4. The monoisotopic (exact) mass is 287 g/mol. The number of rotatable bonds is 4. The Hall–Kier alpha value is -2.14. The fraction of sp³-hybridized carbons (Fsp3) is 0.214. The first kappa shape index (κ1) is 12.9. The van der Waals surface area contributed by atoms with Crippen LogP contribution in [0.25, 0.3) is 11.2 Å². The van der Waals surface area contributed by atoms with Gasteiger partial charge in [0.05, 0.1) is 6.33 Å². The highest BCUT2D eigenvalue weighted by molar-refractivity contribution is 6.28. The second-order valence-electron chi connectivity index (χ2n) is 4.44. The first-order chi connectivity index (χ1) is 9.78. The summed E-state index contributed by atoms with van der Waals surface area (Å²) in [4.78, 5) is 12.9. The van der Waals surface area contributed by atoms with E-state index in [1.807, 2.05) is 34.9 Å². The molecule has 5 nitrogen and oxygen atoms in total. The molecular weight excluding hydrogens is 274 g/mol. The van der Waals surface area contributed by atoms with Crippen LogP contribution in [-0.4, -0.2) is 19.5 Å². The first-order valence-corrected chi connectivity index (χ1v) is 6.86. The van der Waals surface area contributed by atoms with Crippen LogP contribution in [0, 0.1) is 0 Å². The van der Waals surface area contributed by atoms with Gasteiger partial charge in [-0.1, -0.05) is 25.1 Å². The van der Waals surface area contributed by atoms with Gasteiger partial charge in [0.25, 0.3) is 0 Å². The zero-order valence-corrected chi connectivity index (χ0v) is 11.8. The number of anilines is 2. The number of imidazole rings is 1. The molecule has 1 aromatic carbocycles. The number of halogens is 1. The summed E-state index contributed by atoms with van der Waals surface area (Å²) in [7, 11) is 0. The van der Waals surface area contributed by atoms with Gasteiger partial charge in [0.1, 0.15) is 0 Å². The summed E-state index contributed by atoms with van der Waals surface area (Å²) in [6.07, 6.45) is 2.78. The Morgan fingerprint density at radius 1 is 1.20 bits per heavy atom. The van der Waals surface area contributed by atoms with E-state index in [1.54, 1.807) is 6.33 Å². The predicted octanol–water partition coefficient (Wildman–Crippen LogP) is 3.63. The third-order valence-corrected chi connectivity index (χ3v) is 3.11. The van der Waals surface area contributed by atoms with Crippen molar-refractivity contribution in [2.45, 2.75) is 19.9 Å². The summed E-state index contributed by atoms with van der Waals surface area (Å²) in [5.74, 6) is 0.626. The second-order valence-corrected chi connectivity index (χ2v) is 4.78. The molecule has 0 saturated heterocycles. The summed E-state index contributed by atoms with van der Waals surface area (Å²) < 4.78 is 1.99. The number of fused-ring (bicyclic) bond motifs is 1. The SMILES string of the molecule is CCCn1cnc2c(Nc3ccccc3)nc(Cl)nc21. The number of aromatic nitrogens is 4. The van der Waals surface area contributed by atoms with Gasteiger partial charge < -0.3 is 9.88 Å². The molecule has 2 aromatic heterocycles. The Balaban J connectivity index is 2.06. The van der Waals surface area contributed by atoms with Crippen LogP contribution in [0.2, 0.25) is 5.28 Å². The van der Waals surface area contributed by atoms with Crippen molar-refractivity contribution in [3.05, 3.63) is 41.9 Å². The number of nitrogens with one attached hydrogen (secondary N) is 1. The normalized spacial score (nSPS) is 10.9. The van der Waals surface area contributed by atoms with E-state index in [-0.39, 0.29) is 5.28 Å². The van der Waals surface area contributed by atoms with Crippen molar-refractivity contribution in [3.8, 4) is 0 Å². The van der Waals surface area contributed by atoms with Gasteiger partial charge in [-0.25, -0.2) is 4.98 Å². The van der Waals surface area contributed by atoms with Gasteiger partial charge in [-0.2, -0.15) is 9.97 Å². The van der Waals surface area contributed by atoms with Crippen molar-refractivity contribution >= 4 is 34.3 Å². The van der Waals surface area contributed by atoms with Crippen LogP contribution in [0.5, 0.6) is 0 Å². The molecular formula is C14H14ClN5. The van der Waals surface area contributed by atoms with Crippen molar-refractivity contribution in [1.82, 2.24) is 19.5 Å². The van der Waals surface area contributed by atoms with Crippen LogP contribution in [0.1, 0.15) is 13.3 Å². The average Bonchev–Trinajstić information content (AvgIpc) is 2.84. The maximum absolute atomic E-state index is 6.02. The molecule has 0 bridgehead atoms. The minimum Gasteiger partial charge on any atom is -0.338 e. The molecule has 0 aliphatic heterocycles. The van der Waals surface area contributed by atoms with Crippen molar-refractivity contribution in [3.63, 3.8) is 0 Å². The lowest BCUT2D eigenvalue weighted by atomic mass is 10.3. The molecule has 0 saturated carbocycles. The number of hydrogen-bond donors (Lipinski definition) is 1. The molecule has 3 aromatic rings. The van der Waals surface area contributed by atoms with E-state index >= 15 is 0 Å². The molecule has 20 heavy (non-hydrogen) atoms. The van der Waals surface area contributed by atoms with E-state index in [4.69, 9.17) is 11.6 Å². The zero-order chi connectivity index (χ0) is 13.9. The minimum atomic E-state index is 0.216. The molecule has 0 aliphatic rings. The van der Waals surface area contributed by atoms with Crippen LogP contribution in [0.15, 0.2) is 36.7 Å². The average molecular weight is 288 g/mol. The van der Waals surface area contributed by atoms with Crippen molar-refractivity contribution < 1.29 is 0 Å². The molecule has 102 valence electrons. The second kappa shape index (κ2) is 5.46. The van der Waals surface area contributed by atoms with E-state index < -0.39 is 0 Å². The van der Waals surface area contributed by atoms with Crippen molar-refractivity contribution in [2.24, 2.45) is 0 Å². The van der Waals surface area contributed by atoms with Gasteiger partial charge >= 0.3 is 0 Å². The standard InChI is InChI=1S/C14H14ClN5/c1-2-8-20-9-16-11-12(18-14(15)19-13(11)20)17-10-6-4-3-5-7-10/h3-7,9H,2,8H2,1H3,(H,17,18,19). The summed E-state index contributed by atoms with van der Waals surface area (Å²) in [5.41, 5.74) is 2.42. The lowest BCUT2D eigenvalue weighted by molar-refractivity contribution is 0.691. The number of benzene rings is 1. The summed E-state index contributed by atoms with van der Waals surface area (Å²) >= 11 is 6.02. The lowest BCUT2D eigenvalue weighted by Crippen LogP contribution is -2.00. The highest BCUT2D eigenvalue weighted by atomic mass is 35.5. The van der Waals surface area contributed by atoms with E-state index in [0.717, 1.165) is 29.8 Å². The highest BCUT2D eigenvalue weighted by Crippen LogP contribution is 2.24. The summed E-state index contributed by atoms with van der Waals surface area (Å²) in [5, 5.41) is 3.45. The minimum absolute atomic E-state index is 0.216. The van der Waals surface area contributed by atoms with Crippen LogP contribution >= 0.6 is 11.6 Å². The van der Waals surface area contributed by atoms with E-state index in [2.05, 4.69) is 27.2 Å². The van der Waals surface area contributed by atoms with Crippen LogP contribution in [-0.2, 0) is 6.54 Å². The predicted molar refractivity (Wildman–Crippen MR) is 80.3 cm³/mol. The molecule has 6 heteroatoms. The molecule has 1 N–H and O–H groups in total. The molecule has 0 atom stereocenters. The number of aryl methyl sites for hydroxylation is 1. The van der Waals surface area contributed by atoms with Gasteiger partial charge in [-0.05, 0) is 30.2 Å². The topological polar surface area (TPSA) is 55.6 Å². The van der Waals surface area contributed by atoms with E-state index in [1.165, 1.54) is 0 Å². The van der Waals surface area contributed by atoms with Gasteiger partial charge in [0, 0.05) is 12.2 Å². The van der Waals surface area contributed by atoms with Gasteiger partial charge in [-0.3, -0.25) is 0 Å². The third-order valence-electron chi connectivity index (χ3n) is 2.94. The third kappa shape index (κ3) is 2.44. The van der Waals surface area contributed by atoms with Crippen LogP contribution < -0.4 is 5.32 Å². The van der Waals surface area contributed by atoms with Crippen LogP contribution in [0.4, 0.5) is 11.5 Å². The Labute approximate surface area is 121 Å². The van der Waals surface area contributed by atoms with Crippen molar-refractivity contribution in [2.75, 3.05) is 5.32 Å². The Morgan fingerprint density at radius 3 is 2.75 bits per heavy atom. The van der Waals surface area contributed by atoms with Gasteiger partial charge in [0.2, 0.25) is 5.28 Å². The van der Waals surface area contributed by atoms with Crippen molar-refractivity contribution in [1.29, 1.82) is 0 Å². The van der Waals surface area contributed by atoms with E-state index in [0.29, 0.717) is 5.82 Å². The lowest BCUT2D eigenvalue weighted by Gasteiger charge is -2.07. The molecule has 0 spiro atoms. The Kier molecular flexibility index (Phi) is 3.52. The van der Waals surface area contributed by atoms with Gasteiger partial charge in [-0.15, -0.1) is 0 Å². The van der Waals surface area contributed by atoms with Crippen LogP contribution in [0.3, 0.4) is 0 Å². The maximum Gasteiger partial charge on any atom is 0.226 e. The highest BCUT2D eigenvalue weighted by Gasteiger charge is 2.12. The molecule has 0 aliphatic carbocycles. The zero-order valence-electron chi connectivity index (χ0n) is 11.0. The molecule has 0 radical (unpaired) electrons. The summed E-state index contributed by atoms with van der Waals surface area (Å²) in [6, 6.07) is 9.80.